The van der Waals surface area contributed by atoms with E-state index in [-0.39, 0.29) is 5.41 Å². The highest BCUT2D eigenvalue weighted by molar-refractivity contribution is 6.12. The lowest BCUT2D eigenvalue weighted by Crippen LogP contribution is -2.14. The van der Waals surface area contributed by atoms with Gasteiger partial charge >= 0.3 is 0 Å². The highest BCUT2D eigenvalue weighted by atomic mass is 16.3. The summed E-state index contributed by atoms with van der Waals surface area (Å²) < 4.78 is 9.21. The van der Waals surface area contributed by atoms with Gasteiger partial charge in [-0.25, -0.2) is 0 Å². The van der Waals surface area contributed by atoms with Crippen molar-refractivity contribution in [3.63, 3.8) is 0 Å². The fraction of sp³-hybridized carbons (Fsp3) is 0.0492. The molecule has 13 rings (SSSR count). The quantitative estimate of drug-likeness (QED) is 0.167. The number of rotatable bonds is 6. The molecule has 302 valence electrons. The lowest BCUT2D eigenvalue weighted by Gasteiger charge is -2.27. The van der Waals surface area contributed by atoms with E-state index in [1.165, 1.54) is 66.0 Å². The molecule has 64 heavy (non-hydrogen) atoms. The molecule has 3 nitrogen and oxygen atoms in total. The van der Waals surface area contributed by atoms with E-state index in [1.807, 2.05) is 0 Å². The van der Waals surface area contributed by atoms with Gasteiger partial charge in [-0.1, -0.05) is 159 Å². The van der Waals surface area contributed by atoms with Crippen molar-refractivity contribution >= 4 is 71.6 Å². The Morgan fingerprint density at radius 3 is 1.86 bits per heavy atom. The second-order valence-corrected chi connectivity index (χ2v) is 17.7. The molecule has 1 aliphatic rings. The van der Waals surface area contributed by atoms with Crippen LogP contribution < -0.4 is 4.90 Å². The summed E-state index contributed by atoms with van der Waals surface area (Å²) in [6, 6.07) is 79.7. The molecule has 0 saturated carbocycles. The molecule has 2 heterocycles. The minimum atomic E-state index is -0.0641. The lowest BCUT2D eigenvalue weighted by atomic mass is 9.81. The van der Waals surface area contributed by atoms with Gasteiger partial charge in [-0.3, -0.25) is 0 Å². The molecule has 0 saturated heterocycles. The molecule has 3 heteroatoms. The van der Waals surface area contributed by atoms with Crippen molar-refractivity contribution in [2.24, 2.45) is 0 Å². The summed E-state index contributed by atoms with van der Waals surface area (Å²) in [6.45, 7) is 4.70. The molecule has 0 unspecified atom stereocenters. The fourth-order valence-electron chi connectivity index (χ4n) is 10.6. The van der Waals surface area contributed by atoms with Crippen molar-refractivity contribution in [1.82, 2.24) is 4.57 Å². The topological polar surface area (TPSA) is 21.3 Å². The molecule has 0 amide bonds. The zero-order chi connectivity index (χ0) is 42.5. The van der Waals surface area contributed by atoms with Crippen LogP contribution in [0.15, 0.2) is 223 Å². The lowest BCUT2D eigenvalue weighted by molar-refractivity contribution is 0.660. The highest BCUT2D eigenvalue weighted by Crippen LogP contribution is 2.50. The number of fused-ring (bicyclic) bond motifs is 10. The maximum Gasteiger partial charge on any atom is 0.143 e. The van der Waals surface area contributed by atoms with E-state index in [0.717, 1.165) is 55.8 Å². The molecular weight excluding hydrogens is 777 g/mol. The van der Waals surface area contributed by atoms with Gasteiger partial charge in [-0.05, 0) is 123 Å². The Morgan fingerprint density at radius 1 is 0.391 bits per heavy atom. The first-order valence-electron chi connectivity index (χ1n) is 22.2. The average molecular weight is 819 g/mol. The first-order valence-corrected chi connectivity index (χ1v) is 22.2. The van der Waals surface area contributed by atoms with Crippen molar-refractivity contribution in [2.75, 3.05) is 4.90 Å². The first kappa shape index (κ1) is 36.5. The monoisotopic (exact) mass is 818 g/mol. The van der Waals surface area contributed by atoms with Gasteiger partial charge in [0.2, 0.25) is 0 Å². The second-order valence-electron chi connectivity index (χ2n) is 17.7. The Morgan fingerprint density at radius 2 is 1.05 bits per heavy atom. The summed E-state index contributed by atoms with van der Waals surface area (Å²) in [5.41, 5.74) is 18.3. The summed E-state index contributed by atoms with van der Waals surface area (Å²) in [7, 11) is 0. The normalized spacial score (nSPS) is 13.0. The minimum absolute atomic E-state index is 0.0641. The van der Waals surface area contributed by atoms with E-state index in [0.29, 0.717) is 0 Å². The van der Waals surface area contributed by atoms with Crippen molar-refractivity contribution in [2.45, 2.75) is 19.3 Å². The van der Waals surface area contributed by atoms with E-state index in [9.17, 15) is 0 Å². The van der Waals surface area contributed by atoms with Gasteiger partial charge in [0.25, 0.3) is 0 Å². The van der Waals surface area contributed by atoms with Crippen LogP contribution in [0.3, 0.4) is 0 Å². The van der Waals surface area contributed by atoms with Gasteiger partial charge in [0.05, 0.1) is 11.0 Å². The van der Waals surface area contributed by atoms with Crippen molar-refractivity contribution in [3.05, 3.63) is 230 Å². The molecule has 2 aromatic heterocycles. The van der Waals surface area contributed by atoms with Crippen LogP contribution in [0.1, 0.15) is 25.0 Å². The number of hydrogen-bond donors (Lipinski definition) is 0. The molecule has 0 N–H and O–H groups in total. The van der Waals surface area contributed by atoms with Gasteiger partial charge in [0, 0.05) is 55.3 Å². The third-order valence-electron chi connectivity index (χ3n) is 13.8. The Balaban J connectivity index is 0.993. The van der Waals surface area contributed by atoms with Crippen molar-refractivity contribution in [1.29, 1.82) is 0 Å². The Kier molecular flexibility index (Phi) is 7.95. The highest BCUT2D eigenvalue weighted by Gasteiger charge is 2.35. The summed E-state index contributed by atoms with van der Waals surface area (Å²) in [5.74, 6) is 0. The molecule has 10 aromatic carbocycles. The number of para-hydroxylation sites is 3. The molecule has 0 atom stereocenters. The van der Waals surface area contributed by atoms with Crippen LogP contribution in [0.25, 0.3) is 93.6 Å². The first-order chi connectivity index (χ1) is 31.5. The minimum Gasteiger partial charge on any atom is -0.455 e. The maximum atomic E-state index is 6.82. The number of hydrogen-bond acceptors (Lipinski definition) is 2. The van der Waals surface area contributed by atoms with Gasteiger partial charge < -0.3 is 13.9 Å². The van der Waals surface area contributed by atoms with Crippen LogP contribution in [-0.2, 0) is 5.41 Å². The molecule has 0 radical (unpaired) electrons. The Labute approximate surface area is 371 Å². The van der Waals surface area contributed by atoms with Crippen LogP contribution in [0.4, 0.5) is 17.1 Å². The van der Waals surface area contributed by atoms with Crippen molar-refractivity contribution in [3.8, 4) is 39.1 Å². The van der Waals surface area contributed by atoms with Gasteiger partial charge in [-0.15, -0.1) is 0 Å². The fourth-order valence-corrected chi connectivity index (χ4v) is 10.6. The molecule has 12 aromatic rings. The van der Waals surface area contributed by atoms with Crippen molar-refractivity contribution < 1.29 is 4.42 Å². The molecule has 0 spiro atoms. The SMILES string of the molecule is CC1(C)c2ccccc2-c2ccc(-c3ccc(N(c4ccc5ccccc5c4)c4cc(-c5cccc(-n6c7ccccc7c7ccccc76)c5)c5oc6ccccc6c5c4)cc3)cc21. The number of nitrogens with zero attached hydrogens (tertiary/aromatic N) is 2. The smallest absolute Gasteiger partial charge is 0.143 e. The number of benzene rings is 10. The molecule has 0 fully saturated rings. The Bertz CT molecular complexity index is 3770. The van der Waals surface area contributed by atoms with Gasteiger partial charge in [0.1, 0.15) is 11.2 Å². The number of anilines is 3. The summed E-state index contributed by atoms with van der Waals surface area (Å²) in [6.07, 6.45) is 0. The van der Waals surface area contributed by atoms with E-state index >= 15 is 0 Å². The average Bonchev–Trinajstić information content (AvgIpc) is 3.97. The molecule has 0 bridgehead atoms. The van der Waals surface area contributed by atoms with Crippen LogP contribution in [0.2, 0.25) is 0 Å². The molecular formula is C61H42N2O. The largest absolute Gasteiger partial charge is 0.455 e. The third kappa shape index (κ3) is 5.54. The summed E-state index contributed by atoms with van der Waals surface area (Å²) in [4.78, 5) is 2.40. The van der Waals surface area contributed by atoms with E-state index in [1.54, 1.807) is 0 Å². The van der Waals surface area contributed by atoms with E-state index in [2.05, 4.69) is 242 Å². The van der Waals surface area contributed by atoms with E-state index < -0.39 is 0 Å². The standard InChI is InChI=1S/C61H42N2O/c1-61(2)55-22-9-5-18-48(55)49-33-29-42(36-56(49)61)40-26-30-44(31-27-40)62(46-32-28-39-14-3-4-15-41(39)34-46)47-37-53(60-54(38-47)52-21-8-12-25-59(52)64-60)43-16-13-17-45(35-43)63-57-23-10-6-19-50(57)51-20-7-11-24-58(51)63/h3-38H,1-2H3. The van der Waals surface area contributed by atoms with Crippen LogP contribution in [-0.4, -0.2) is 4.57 Å². The van der Waals surface area contributed by atoms with E-state index in [4.69, 9.17) is 4.42 Å². The van der Waals surface area contributed by atoms with Crippen LogP contribution in [0, 0.1) is 0 Å². The Hall–Kier alpha value is -8.14. The number of furan rings is 1. The summed E-state index contributed by atoms with van der Waals surface area (Å²) >= 11 is 0. The van der Waals surface area contributed by atoms with Crippen LogP contribution in [0.5, 0.6) is 0 Å². The van der Waals surface area contributed by atoms with Crippen LogP contribution >= 0.6 is 0 Å². The molecule has 0 aliphatic heterocycles. The zero-order valence-corrected chi connectivity index (χ0v) is 35.6. The van der Waals surface area contributed by atoms with Gasteiger partial charge in [-0.2, -0.15) is 0 Å². The molecule has 1 aliphatic carbocycles. The summed E-state index contributed by atoms with van der Waals surface area (Å²) in [5, 5.41) is 7.06. The van der Waals surface area contributed by atoms with Gasteiger partial charge in [0.15, 0.2) is 0 Å². The second kappa shape index (κ2) is 13.9. The maximum absolute atomic E-state index is 6.82. The predicted octanol–water partition coefficient (Wildman–Crippen LogP) is 16.9. The predicted molar refractivity (Wildman–Crippen MR) is 269 cm³/mol. The third-order valence-corrected chi connectivity index (χ3v) is 13.8. The number of aromatic nitrogens is 1. The zero-order valence-electron chi connectivity index (χ0n) is 35.6.